The van der Waals surface area contributed by atoms with E-state index in [0.29, 0.717) is 29.2 Å². The zero-order chi connectivity index (χ0) is 25.0. The number of hydrogen-bond donors (Lipinski definition) is 1. The van der Waals surface area contributed by atoms with Gasteiger partial charge < -0.3 is 24.2 Å². The lowest BCUT2D eigenvalue weighted by atomic mass is 9.93. The van der Waals surface area contributed by atoms with Gasteiger partial charge in [-0.1, -0.05) is 12.1 Å². The number of methoxy groups -OCH3 is 1. The molecule has 0 saturated carbocycles. The number of amides is 1. The Hall–Kier alpha value is -3.32. The van der Waals surface area contributed by atoms with Crippen LogP contribution < -0.4 is 9.47 Å². The average Bonchev–Trinajstić information content (AvgIpc) is 3.05. The van der Waals surface area contributed by atoms with Crippen LogP contribution in [0.4, 0.5) is 0 Å². The first-order chi connectivity index (χ1) is 16.2. The molecular weight excluding hydrogens is 434 g/mol. The summed E-state index contributed by atoms with van der Waals surface area (Å²) in [5, 5.41) is 11.4. The Bertz CT molecular complexity index is 1090. The average molecular weight is 468 g/mol. The number of likely N-dealkylation sites (tertiary alicyclic amines) is 1. The number of ketones is 1. The third kappa shape index (κ3) is 5.09. The number of carbonyl (C=O) groups excluding carboxylic acids is 2. The van der Waals surface area contributed by atoms with Crippen LogP contribution in [-0.2, 0) is 14.3 Å². The maximum Gasteiger partial charge on any atom is 0.295 e. The summed E-state index contributed by atoms with van der Waals surface area (Å²) in [4.78, 5) is 27.7. The molecule has 1 fully saturated rings. The first-order valence-corrected chi connectivity index (χ1v) is 11.5. The second kappa shape index (κ2) is 10.7. The molecule has 1 N–H and O–H groups in total. The number of hydrogen-bond acceptors (Lipinski definition) is 6. The number of nitrogens with zero attached hydrogens (tertiary/aromatic N) is 1. The molecule has 7 nitrogen and oxygen atoms in total. The molecule has 0 spiro atoms. The molecule has 182 valence electrons. The first-order valence-electron chi connectivity index (χ1n) is 11.5. The normalized spacial score (nSPS) is 17.5. The highest BCUT2D eigenvalue weighted by molar-refractivity contribution is 6.46. The van der Waals surface area contributed by atoms with Gasteiger partial charge in [0.1, 0.15) is 17.3 Å². The highest BCUT2D eigenvalue weighted by Gasteiger charge is 2.46. The maximum atomic E-state index is 13.2. The van der Waals surface area contributed by atoms with E-state index < -0.39 is 17.7 Å². The molecule has 0 aliphatic carbocycles. The Balaban J connectivity index is 2.13. The van der Waals surface area contributed by atoms with Crippen LogP contribution in [0.25, 0.3) is 5.76 Å². The van der Waals surface area contributed by atoms with Crippen LogP contribution in [0.1, 0.15) is 49.1 Å². The number of ether oxygens (including phenoxy) is 3. The lowest BCUT2D eigenvalue weighted by Crippen LogP contribution is -2.33. The predicted molar refractivity (Wildman–Crippen MR) is 130 cm³/mol. The number of aliphatic hydroxyl groups is 1. The van der Waals surface area contributed by atoms with Crippen LogP contribution in [0, 0.1) is 13.8 Å². The molecule has 0 radical (unpaired) electrons. The zero-order valence-electron chi connectivity index (χ0n) is 20.7. The first kappa shape index (κ1) is 25.3. The van der Waals surface area contributed by atoms with E-state index in [4.69, 9.17) is 14.2 Å². The topological polar surface area (TPSA) is 85.3 Å². The molecule has 2 aromatic carbocycles. The molecule has 1 heterocycles. The second-order valence-electron chi connectivity index (χ2n) is 8.55. The highest BCUT2D eigenvalue weighted by atomic mass is 16.5. The van der Waals surface area contributed by atoms with Crippen LogP contribution in [-0.4, -0.2) is 54.7 Å². The number of carbonyl (C=O) groups is 2. The van der Waals surface area contributed by atoms with Crippen molar-refractivity contribution in [1.29, 1.82) is 0 Å². The minimum absolute atomic E-state index is 0.00864. The largest absolute Gasteiger partial charge is 0.507 e. The van der Waals surface area contributed by atoms with Crippen molar-refractivity contribution in [2.24, 2.45) is 0 Å². The van der Waals surface area contributed by atoms with Crippen molar-refractivity contribution in [1.82, 2.24) is 4.90 Å². The predicted octanol–water partition coefficient (Wildman–Crippen LogP) is 4.56. The highest BCUT2D eigenvalue weighted by Crippen LogP contribution is 2.40. The van der Waals surface area contributed by atoms with Crippen molar-refractivity contribution in [3.8, 4) is 11.5 Å². The molecule has 1 unspecified atom stereocenters. The van der Waals surface area contributed by atoms with Gasteiger partial charge in [0.2, 0.25) is 0 Å². The van der Waals surface area contributed by atoms with Crippen molar-refractivity contribution >= 4 is 17.4 Å². The Morgan fingerprint density at radius 3 is 2.35 bits per heavy atom. The number of aryl methyl sites for hydroxylation is 2. The Morgan fingerprint density at radius 2 is 1.76 bits per heavy atom. The summed E-state index contributed by atoms with van der Waals surface area (Å²) in [6.07, 6.45) is -0.00864. The van der Waals surface area contributed by atoms with E-state index in [1.807, 2.05) is 52.8 Å². The second-order valence-corrected chi connectivity index (χ2v) is 8.55. The molecule has 1 amide bonds. The lowest BCUT2D eigenvalue weighted by Gasteiger charge is -2.26. The molecule has 1 aliphatic heterocycles. The van der Waals surface area contributed by atoms with E-state index in [0.717, 1.165) is 11.1 Å². The van der Waals surface area contributed by atoms with Crippen LogP contribution in [0.15, 0.2) is 42.0 Å². The number of aliphatic hydroxyl groups excluding tert-OH is 1. The Kier molecular flexibility index (Phi) is 7.99. The van der Waals surface area contributed by atoms with Crippen molar-refractivity contribution in [2.45, 2.75) is 46.8 Å². The number of Topliss-reactive ketones (excluding diaryl/α,β-unsaturated/α-hetero) is 1. The molecule has 0 aromatic heterocycles. The van der Waals surface area contributed by atoms with Gasteiger partial charge in [0.15, 0.2) is 0 Å². The van der Waals surface area contributed by atoms with E-state index >= 15 is 0 Å². The van der Waals surface area contributed by atoms with Gasteiger partial charge in [-0.3, -0.25) is 9.59 Å². The molecular formula is C27H33NO6. The monoisotopic (exact) mass is 467 g/mol. The van der Waals surface area contributed by atoms with Gasteiger partial charge in [-0.25, -0.2) is 0 Å². The van der Waals surface area contributed by atoms with Gasteiger partial charge in [-0.05, 0) is 75.6 Å². The van der Waals surface area contributed by atoms with E-state index in [2.05, 4.69) is 0 Å². The fourth-order valence-corrected chi connectivity index (χ4v) is 4.17. The summed E-state index contributed by atoms with van der Waals surface area (Å²) in [6, 6.07) is 10.1. The molecule has 1 saturated heterocycles. The fourth-order valence-electron chi connectivity index (χ4n) is 4.17. The van der Waals surface area contributed by atoms with Crippen LogP contribution in [0.2, 0.25) is 0 Å². The van der Waals surface area contributed by atoms with Crippen molar-refractivity contribution in [2.75, 3.05) is 26.9 Å². The van der Waals surface area contributed by atoms with Crippen molar-refractivity contribution < 1.29 is 28.9 Å². The molecule has 1 aliphatic rings. The zero-order valence-corrected chi connectivity index (χ0v) is 20.7. The standard InChI is InChI=1S/C27H33NO6/c1-7-33-20-10-8-19(9-11-20)24-23(26(30)27(31)28(24)12-13-34-16(2)3)25(29)21-14-18(5)22(32-6)15-17(21)4/h8-11,14-16,24,29H,7,12-13H2,1-6H3/b25-23+. The van der Waals surface area contributed by atoms with Crippen LogP contribution in [0.5, 0.6) is 11.5 Å². The summed E-state index contributed by atoms with van der Waals surface area (Å²) in [5.74, 6) is -0.200. The van der Waals surface area contributed by atoms with Gasteiger partial charge in [0.05, 0.1) is 38.0 Å². The van der Waals surface area contributed by atoms with Gasteiger partial charge >= 0.3 is 0 Å². The number of benzene rings is 2. The van der Waals surface area contributed by atoms with E-state index in [1.165, 1.54) is 4.90 Å². The van der Waals surface area contributed by atoms with Crippen LogP contribution >= 0.6 is 0 Å². The minimum Gasteiger partial charge on any atom is -0.507 e. The fraction of sp³-hybridized carbons (Fsp3) is 0.407. The number of rotatable bonds is 9. The Labute approximate surface area is 200 Å². The summed E-state index contributed by atoms with van der Waals surface area (Å²) < 4.78 is 16.6. The lowest BCUT2D eigenvalue weighted by molar-refractivity contribution is -0.140. The third-order valence-electron chi connectivity index (χ3n) is 5.83. The smallest absolute Gasteiger partial charge is 0.295 e. The quantitative estimate of drug-likeness (QED) is 0.331. The molecule has 7 heteroatoms. The van der Waals surface area contributed by atoms with E-state index in [-0.39, 0.29) is 30.6 Å². The van der Waals surface area contributed by atoms with Gasteiger partial charge in [-0.2, -0.15) is 0 Å². The minimum atomic E-state index is -0.742. The molecule has 1 atom stereocenters. The van der Waals surface area contributed by atoms with Crippen molar-refractivity contribution in [3.05, 3.63) is 64.2 Å². The summed E-state index contributed by atoms with van der Waals surface area (Å²) in [6.45, 7) is 10.4. The molecule has 34 heavy (non-hydrogen) atoms. The summed E-state index contributed by atoms with van der Waals surface area (Å²) in [5.41, 5.74) is 2.81. The third-order valence-corrected chi connectivity index (χ3v) is 5.83. The summed E-state index contributed by atoms with van der Waals surface area (Å²) >= 11 is 0. The van der Waals surface area contributed by atoms with Crippen molar-refractivity contribution in [3.63, 3.8) is 0 Å². The Morgan fingerprint density at radius 1 is 1.09 bits per heavy atom. The SMILES string of the molecule is CCOc1ccc(C2/C(=C(\O)c3cc(C)c(OC)cc3C)C(=O)C(=O)N2CCOC(C)C)cc1. The van der Waals surface area contributed by atoms with E-state index in [1.54, 1.807) is 25.3 Å². The molecule has 2 aromatic rings. The summed E-state index contributed by atoms with van der Waals surface area (Å²) in [7, 11) is 1.58. The maximum absolute atomic E-state index is 13.2. The van der Waals surface area contributed by atoms with Gasteiger partial charge in [0.25, 0.3) is 11.7 Å². The molecule has 0 bridgehead atoms. The van der Waals surface area contributed by atoms with Crippen LogP contribution in [0.3, 0.4) is 0 Å². The molecule has 3 rings (SSSR count). The van der Waals surface area contributed by atoms with Gasteiger partial charge in [-0.15, -0.1) is 0 Å². The van der Waals surface area contributed by atoms with Gasteiger partial charge in [0, 0.05) is 12.1 Å². The van der Waals surface area contributed by atoms with E-state index in [9.17, 15) is 14.7 Å².